The number of nitrogens with zero attached hydrogens (tertiary/aromatic N) is 1. The van der Waals surface area contributed by atoms with Gasteiger partial charge in [0.1, 0.15) is 12.4 Å². The molecule has 1 N–H and O–H groups in total. The molecule has 0 amide bonds. The lowest BCUT2D eigenvalue weighted by atomic mass is 10.2. The van der Waals surface area contributed by atoms with E-state index in [1.807, 2.05) is 18.2 Å². The van der Waals surface area contributed by atoms with E-state index in [9.17, 15) is 4.79 Å². The van der Waals surface area contributed by atoms with Crippen LogP contribution in [-0.4, -0.2) is 35.9 Å². The lowest BCUT2D eigenvalue weighted by Crippen LogP contribution is -2.09. The smallest absolute Gasteiger partial charge is 0.335 e. The topological polar surface area (TPSA) is 68.7 Å². The lowest BCUT2D eigenvalue weighted by Gasteiger charge is -2.07. The Morgan fingerprint density at radius 1 is 1.10 bits per heavy atom. The van der Waals surface area contributed by atoms with Gasteiger partial charge < -0.3 is 14.6 Å². The second-order valence-electron chi connectivity index (χ2n) is 4.36. The molecule has 1 heterocycles. The van der Waals surface area contributed by atoms with Crippen molar-refractivity contribution in [1.82, 2.24) is 4.98 Å². The van der Waals surface area contributed by atoms with E-state index in [-0.39, 0.29) is 5.56 Å². The normalized spacial score (nSPS) is 10.3. The van der Waals surface area contributed by atoms with Crippen LogP contribution in [0.1, 0.15) is 16.1 Å². The molecule has 0 atom stereocenters. The fourth-order valence-corrected chi connectivity index (χ4v) is 1.76. The van der Waals surface area contributed by atoms with Gasteiger partial charge in [-0.1, -0.05) is 12.1 Å². The van der Waals surface area contributed by atoms with Gasteiger partial charge in [-0.25, -0.2) is 4.79 Å². The summed E-state index contributed by atoms with van der Waals surface area (Å²) < 4.78 is 10.9. The number of ether oxygens (including phenoxy) is 2. The average Bonchev–Trinajstić information content (AvgIpc) is 2.52. The maximum absolute atomic E-state index is 10.8. The second-order valence-corrected chi connectivity index (χ2v) is 4.36. The predicted octanol–water partition coefficient (Wildman–Crippen LogP) is 2.42. The van der Waals surface area contributed by atoms with E-state index >= 15 is 0 Å². The van der Waals surface area contributed by atoms with Crippen LogP contribution >= 0.6 is 0 Å². The molecule has 1 aromatic heterocycles. The quantitative estimate of drug-likeness (QED) is 0.755. The van der Waals surface area contributed by atoms with Crippen LogP contribution in [-0.2, 0) is 11.2 Å². The van der Waals surface area contributed by atoms with E-state index in [2.05, 4.69) is 4.98 Å². The first-order valence-electron chi connectivity index (χ1n) is 6.69. The number of hydrogen-bond acceptors (Lipinski definition) is 4. The molecule has 0 unspecified atom stereocenters. The first kappa shape index (κ1) is 15.0. The maximum Gasteiger partial charge on any atom is 0.335 e. The SMILES string of the molecule is O=C(O)c1cccc(OCCOCCc2ccccn2)c1. The number of carboxylic acid groups (broad SMARTS) is 1. The summed E-state index contributed by atoms with van der Waals surface area (Å²) in [5, 5.41) is 8.87. The first-order valence-corrected chi connectivity index (χ1v) is 6.69. The molecule has 5 nitrogen and oxygen atoms in total. The van der Waals surface area contributed by atoms with Crippen molar-refractivity contribution in [2.45, 2.75) is 6.42 Å². The van der Waals surface area contributed by atoms with Gasteiger partial charge in [-0.2, -0.15) is 0 Å². The molecule has 110 valence electrons. The molecule has 0 aliphatic carbocycles. The summed E-state index contributed by atoms with van der Waals surface area (Å²) in [4.78, 5) is 15.0. The number of aromatic carboxylic acids is 1. The third kappa shape index (κ3) is 5.24. The van der Waals surface area contributed by atoms with Crippen molar-refractivity contribution in [2.24, 2.45) is 0 Å². The summed E-state index contributed by atoms with van der Waals surface area (Å²) in [5.74, 6) is -0.435. The van der Waals surface area contributed by atoms with Crippen molar-refractivity contribution < 1.29 is 19.4 Å². The van der Waals surface area contributed by atoms with E-state index < -0.39 is 5.97 Å². The summed E-state index contributed by atoms with van der Waals surface area (Å²) in [7, 11) is 0. The van der Waals surface area contributed by atoms with Crippen molar-refractivity contribution >= 4 is 5.97 Å². The molecule has 5 heteroatoms. The summed E-state index contributed by atoms with van der Waals surface area (Å²) in [5.41, 5.74) is 1.20. The molecular formula is C16H17NO4. The van der Waals surface area contributed by atoms with Crippen molar-refractivity contribution in [1.29, 1.82) is 0 Å². The second kappa shape index (κ2) is 8.01. The Morgan fingerprint density at radius 3 is 2.76 bits per heavy atom. The van der Waals surface area contributed by atoms with Crippen LogP contribution in [0.5, 0.6) is 5.75 Å². The molecule has 0 saturated heterocycles. The molecule has 0 radical (unpaired) electrons. The van der Waals surface area contributed by atoms with Crippen molar-refractivity contribution in [3.05, 3.63) is 59.9 Å². The molecule has 0 aliphatic heterocycles. The van der Waals surface area contributed by atoms with E-state index in [1.54, 1.807) is 18.3 Å². The summed E-state index contributed by atoms with van der Waals surface area (Å²) in [6.07, 6.45) is 2.52. The molecular weight excluding hydrogens is 270 g/mol. The highest BCUT2D eigenvalue weighted by Gasteiger charge is 2.03. The van der Waals surface area contributed by atoms with Crippen LogP contribution in [0.3, 0.4) is 0 Å². The lowest BCUT2D eigenvalue weighted by molar-refractivity contribution is 0.0696. The largest absolute Gasteiger partial charge is 0.491 e. The molecule has 0 fully saturated rings. The van der Waals surface area contributed by atoms with Gasteiger partial charge in [-0.3, -0.25) is 4.98 Å². The highest BCUT2D eigenvalue weighted by atomic mass is 16.5. The summed E-state index contributed by atoms with van der Waals surface area (Å²) in [6.45, 7) is 1.41. The average molecular weight is 287 g/mol. The molecule has 2 aromatic rings. The van der Waals surface area contributed by atoms with Crippen molar-refractivity contribution in [3.8, 4) is 5.75 Å². The van der Waals surface area contributed by atoms with Gasteiger partial charge in [0.25, 0.3) is 0 Å². The highest BCUT2D eigenvalue weighted by Crippen LogP contribution is 2.13. The van der Waals surface area contributed by atoms with Gasteiger partial charge in [0, 0.05) is 18.3 Å². The highest BCUT2D eigenvalue weighted by molar-refractivity contribution is 5.87. The third-order valence-electron chi connectivity index (χ3n) is 2.81. The minimum absolute atomic E-state index is 0.212. The number of pyridine rings is 1. The molecule has 0 saturated carbocycles. The standard InChI is InChI=1S/C16H17NO4/c18-16(19)13-4-3-6-15(12-13)21-11-10-20-9-7-14-5-1-2-8-17-14/h1-6,8,12H,7,9-11H2,(H,18,19). The van der Waals surface area contributed by atoms with Gasteiger partial charge in [0.2, 0.25) is 0 Å². The van der Waals surface area contributed by atoms with Crippen LogP contribution in [0, 0.1) is 0 Å². The fourth-order valence-electron chi connectivity index (χ4n) is 1.76. The minimum atomic E-state index is -0.966. The number of aromatic nitrogens is 1. The molecule has 0 spiro atoms. The van der Waals surface area contributed by atoms with Crippen molar-refractivity contribution in [3.63, 3.8) is 0 Å². The molecule has 0 bridgehead atoms. The van der Waals surface area contributed by atoms with Crippen LogP contribution in [0.25, 0.3) is 0 Å². The van der Waals surface area contributed by atoms with E-state index in [4.69, 9.17) is 14.6 Å². The Labute approximate surface area is 123 Å². The molecule has 21 heavy (non-hydrogen) atoms. The Morgan fingerprint density at radius 2 is 2.00 bits per heavy atom. The van der Waals surface area contributed by atoms with Crippen LogP contribution in [0.2, 0.25) is 0 Å². The Kier molecular flexibility index (Phi) is 5.72. The van der Waals surface area contributed by atoms with Gasteiger partial charge in [-0.05, 0) is 30.3 Å². The Bertz CT molecular complexity index is 571. The maximum atomic E-state index is 10.8. The zero-order valence-electron chi connectivity index (χ0n) is 11.6. The van der Waals surface area contributed by atoms with Gasteiger partial charge in [0.05, 0.1) is 18.8 Å². The Balaban J connectivity index is 1.64. The zero-order valence-corrected chi connectivity index (χ0v) is 11.6. The van der Waals surface area contributed by atoms with E-state index in [0.717, 1.165) is 12.1 Å². The van der Waals surface area contributed by atoms with Gasteiger partial charge >= 0.3 is 5.97 Å². The monoisotopic (exact) mass is 287 g/mol. The summed E-state index contributed by atoms with van der Waals surface area (Å²) in [6, 6.07) is 12.2. The first-order chi connectivity index (χ1) is 10.3. The fraction of sp³-hybridized carbons (Fsp3) is 0.250. The predicted molar refractivity (Wildman–Crippen MR) is 77.7 cm³/mol. The minimum Gasteiger partial charge on any atom is -0.491 e. The molecule has 0 aliphatic rings. The molecule has 2 rings (SSSR count). The van der Waals surface area contributed by atoms with E-state index in [0.29, 0.717) is 25.6 Å². The Hall–Kier alpha value is -2.40. The molecule has 1 aromatic carbocycles. The third-order valence-corrected chi connectivity index (χ3v) is 2.81. The number of benzene rings is 1. The van der Waals surface area contributed by atoms with Gasteiger partial charge in [-0.15, -0.1) is 0 Å². The van der Waals surface area contributed by atoms with Crippen LogP contribution < -0.4 is 4.74 Å². The number of carboxylic acids is 1. The van der Waals surface area contributed by atoms with Crippen LogP contribution in [0.4, 0.5) is 0 Å². The van der Waals surface area contributed by atoms with Crippen LogP contribution in [0.15, 0.2) is 48.7 Å². The zero-order chi connectivity index (χ0) is 14.9. The van der Waals surface area contributed by atoms with E-state index in [1.165, 1.54) is 12.1 Å². The number of hydrogen-bond donors (Lipinski definition) is 1. The number of carbonyl (C=O) groups is 1. The van der Waals surface area contributed by atoms with Crippen molar-refractivity contribution in [2.75, 3.05) is 19.8 Å². The summed E-state index contributed by atoms with van der Waals surface area (Å²) >= 11 is 0. The number of rotatable bonds is 8. The van der Waals surface area contributed by atoms with Gasteiger partial charge in [0.15, 0.2) is 0 Å².